The fourth-order valence-corrected chi connectivity index (χ4v) is 11.6. The van der Waals surface area contributed by atoms with Crippen molar-refractivity contribution in [1.82, 2.24) is 24.8 Å². The van der Waals surface area contributed by atoms with Gasteiger partial charge < -0.3 is 24.8 Å². The number of carbonyl (C=O) groups excluding carboxylic acids is 3. The molecule has 21 heteroatoms. The van der Waals surface area contributed by atoms with E-state index >= 15 is 4.79 Å². The van der Waals surface area contributed by atoms with Gasteiger partial charge in [-0.05, 0) is 108 Å². The molecule has 3 heterocycles. The Bertz CT molecular complexity index is 2220. The summed E-state index contributed by atoms with van der Waals surface area (Å²) in [7, 11) is -4.10. The second-order valence-electron chi connectivity index (χ2n) is 17.8. The number of hydrogen-bond donors (Lipinski definition) is 3. The van der Waals surface area contributed by atoms with Crippen LogP contribution in [-0.2, 0) is 24.4 Å². The van der Waals surface area contributed by atoms with E-state index < -0.39 is 87.3 Å². The predicted octanol–water partition coefficient (Wildman–Crippen LogP) is 8.10. The summed E-state index contributed by atoms with van der Waals surface area (Å²) < 4.78 is 34.8. The SMILES string of the molecule is CC(C)Oc1ccc2c(O[C@@H]3C[C@H]4C(=O)N[C@]5(C(=O)NS(=O)(=O)C6(C)CC6)C[C@H]5/C=C\CC[C@H](C)C[C@@H](C)[C@H](N(C(=O)O)C(C)(C(Cl)(Cl)Cl)C(Cl)(Cl)Cl)C(=O)N4C3)nccc2c1. The molecule has 62 heavy (non-hydrogen) atoms. The maximum Gasteiger partial charge on any atom is 0.408 e. The molecule has 2 saturated carbocycles. The molecule has 342 valence electrons. The molecule has 1 aromatic heterocycles. The largest absolute Gasteiger partial charge is 0.491 e. The lowest BCUT2D eigenvalue weighted by atomic mass is 9.85. The molecule has 14 nitrogen and oxygen atoms in total. The fourth-order valence-electron chi connectivity index (χ4n) is 8.49. The van der Waals surface area contributed by atoms with Crippen molar-refractivity contribution in [2.45, 2.75) is 134 Å². The van der Waals surface area contributed by atoms with Crippen LogP contribution in [0.4, 0.5) is 4.79 Å². The molecule has 1 aromatic carbocycles. The standard InChI is InChI=1S/C41H51Cl6N5O9S/c1-22(2)60-27-11-12-29-25(18-27)13-16-48-33(29)61-28-19-30-32(53)49-39(35(55)50-62(58,59)37(5)14-15-37)20-26(39)10-8-7-9-23(3)17-24(4)31(34(54)51(30)21-28)52(36(56)57)38(6,40(42,43)44)41(45,46)47/h8,10-13,16,18,22-24,26,28,30-31H,7,9,14-15,17,19-21H2,1-6H3,(H,49,53)(H,50,55)(H,56,57)/b10-8-/t23-,24+,26+,28+,30-,31-,39+/m0/s1. The van der Waals surface area contributed by atoms with Crippen LogP contribution in [0.1, 0.15) is 86.5 Å². The minimum atomic E-state index is -4.10. The first-order chi connectivity index (χ1) is 28.7. The van der Waals surface area contributed by atoms with Gasteiger partial charge in [0.2, 0.25) is 35.3 Å². The van der Waals surface area contributed by atoms with Crippen LogP contribution in [0.25, 0.3) is 10.8 Å². The van der Waals surface area contributed by atoms with Gasteiger partial charge in [0.1, 0.15) is 35.0 Å². The van der Waals surface area contributed by atoms with E-state index in [9.17, 15) is 27.9 Å². The maximum atomic E-state index is 15.4. The Kier molecular flexibility index (Phi) is 13.9. The normalized spacial score (nSPS) is 28.8. The van der Waals surface area contributed by atoms with E-state index in [1.807, 2.05) is 32.9 Å². The van der Waals surface area contributed by atoms with Crippen molar-refractivity contribution in [3.05, 3.63) is 42.6 Å². The predicted molar refractivity (Wildman–Crippen MR) is 240 cm³/mol. The Labute approximate surface area is 391 Å². The van der Waals surface area contributed by atoms with E-state index in [0.29, 0.717) is 41.7 Å². The number of ether oxygens (including phenoxy) is 2. The molecule has 0 bridgehead atoms. The smallest absolute Gasteiger partial charge is 0.408 e. The number of alkyl halides is 6. The number of amides is 4. The average molecular weight is 1000 g/mol. The van der Waals surface area contributed by atoms with E-state index in [0.717, 1.165) is 12.3 Å². The molecule has 3 fully saturated rings. The van der Waals surface area contributed by atoms with Gasteiger partial charge in [-0.1, -0.05) is 95.6 Å². The Balaban J connectivity index is 1.45. The molecule has 1 saturated heterocycles. The molecule has 4 amide bonds. The minimum Gasteiger partial charge on any atom is -0.491 e. The van der Waals surface area contributed by atoms with Gasteiger partial charge in [0.25, 0.3) is 5.91 Å². The van der Waals surface area contributed by atoms with E-state index in [-0.39, 0.29) is 43.7 Å². The number of halogens is 6. The van der Waals surface area contributed by atoms with Gasteiger partial charge in [-0.25, -0.2) is 18.2 Å². The number of nitrogens with zero attached hydrogens (tertiary/aromatic N) is 3. The summed E-state index contributed by atoms with van der Waals surface area (Å²) in [4.78, 5) is 64.0. The van der Waals surface area contributed by atoms with Gasteiger partial charge in [-0.15, -0.1) is 0 Å². The number of carbonyl (C=O) groups is 4. The summed E-state index contributed by atoms with van der Waals surface area (Å²) in [6.45, 7) is 9.78. The van der Waals surface area contributed by atoms with Crippen LogP contribution in [0.2, 0.25) is 0 Å². The van der Waals surface area contributed by atoms with Gasteiger partial charge in [0.05, 0.1) is 17.4 Å². The Hall–Kier alpha value is -2.66. The molecule has 7 atom stereocenters. The van der Waals surface area contributed by atoms with Crippen LogP contribution in [0.5, 0.6) is 11.6 Å². The summed E-state index contributed by atoms with van der Waals surface area (Å²) in [5, 5.41) is 15.1. The number of carboxylic acid groups (broad SMARTS) is 1. The molecule has 0 spiro atoms. The lowest BCUT2D eigenvalue weighted by Crippen LogP contribution is -2.71. The molecule has 2 aromatic rings. The van der Waals surface area contributed by atoms with Crippen LogP contribution in [-0.4, -0.2) is 106 Å². The fraction of sp³-hybridized carbons (Fsp3) is 0.634. The Morgan fingerprint density at radius 2 is 1.73 bits per heavy atom. The summed E-state index contributed by atoms with van der Waals surface area (Å²) in [5.74, 6) is -3.31. The van der Waals surface area contributed by atoms with E-state index in [1.165, 1.54) is 4.90 Å². The first kappa shape index (κ1) is 48.8. The van der Waals surface area contributed by atoms with Crippen molar-refractivity contribution in [2.24, 2.45) is 17.8 Å². The quantitative estimate of drug-likeness (QED) is 0.164. The topological polar surface area (TPSA) is 185 Å². The summed E-state index contributed by atoms with van der Waals surface area (Å²) in [6.07, 6.45) is 4.46. The van der Waals surface area contributed by atoms with E-state index in [2.05, 4.69) is 15.0 Å². The third-order valence-electron chi connectivity index (χ3n) is 12.6. The highest BCUT2D eigenvalue weighted by Crippen LogP contribution is 2.56. The summed E-state index contributed by atoms with van der Waals surface area (Å²) >= 11 is 38.9. The third-order valence-corrected chi connectivity index (χ3v) is 17.0. The number of aromatic nitrogens is 1. The molecule has 3 N–H and O–H groups in total. The zero-order chi connectivity index (χ0) is 46.0. The Morgan fingerprint density at radius 3 is 2.32 bits per heavy atom. The number of allylic oxidation sites excluding steroid dienone is 1. The van der Waals surface area contributed by atoms with Crippen molar-refractivity contribution in [3.63, 3.8) is 0 Å². The summed E-state index contributed by atoms with van der Waals surface area (Å²) in [6, 6.07) is 4.03. The zero-order valence-electron chi connectivity index (χ0n) is 35.0. The van der Waals surface area contributed by atoms with Crippen molar-refractivity contribution >= 4 is 114 Å². The van der Waals surface area contributed by atoms with Gasteiger partial charge in [0.15, 0.2) is 0 Å². The molecular weight excluding hydrogens is 951 g/mol. The van der Waals surface area contributed by atoms with Crippen molar-refractivity contribution in [3.8, 4) is 11.6 Å². The second-order valence-corrected chi connectivity index (χ2v) is 24.6. The van der Waals surface area contributed by atoms with E-state index in [1.54, 1.807) is 44.3 Å². The molecule has 2 aliphatic heterocycles. The van der Waals surface area contributed by atoms with Crippen LogP contribution in [0.15, 0.2) is 42.6 Å². The van der Waals surface area contributed by atoms with Gasteiger partial charge >= 0.3 is 6.09 Å². The zero-order valence-corrected chi connectivity index (χ0v) is 40.3. The van der Waals surface area contributed by atoms with Crippen LogP contribution < -0.4 is 19.5 Å². The van der Waals surface area contributed by atoms with Gasteiger partial charge in [-0.2, -0.15) is 0 Å². The molecule has 4 aliphatic rings. The summed E-state index contributed by atoms with van der Waals surface area (Å²) in [5.41, 5.74) is -4.18. The minimum absolute atomic E-state index is 0.0786. The third kappa shape index (κ3) is 9.51. The van der Waals surface area contributed by atoms with Crippen molar-refractivity contribution in [1.29, 1.82) is 0 Å². The molecule has 6 rings (SSSR count). The van der Waals surface area contributed by atoms with Crippen LogP contribution in [0, 0.1) is 17.8 Å². The van der Waals surface area contributed by atoms with Gasteiger partial charge in [0, 0.05) is 23.9 Å². The first-order valence-corrected chi connectivity index (χ1v) is 24.1. The average Bonchev–Trinajstić information content (AvgIpc) is 4.03. The van der Waals surface area contributed by atoms with Crippen LogP contribution in [0.3, 0.4) is 0 Å². The van der Waals surface area contributed by atoms with Crippen molar-refractivity contribution in [2.75, 3.05) is 6.54 Å². The van der Waals surface area contributed by atoms with Crippen LogP contribution >= 0.6 is 69.6 Å². The highest BCUT2D eigenvalue weighted by Gasteiger charge is 2.67. The first-order valence-electron chi connectivity index (χ1n) is 20.4. The van der Waals surface area contributed by atoms with Gasteiger partial charge in [-0.3, -0.25) is 24.0 Å². The van der Waals surface area contributed by atoms with Crippen molar-refractivity contribution < 1.29 is 42.2 Å². The second kappa shape index (κ2) is 17.6. The lowest BCUT2D eigenvalue weighted by Gasteiger charge is -2.52. The number of fused-ring (bicyclic) bond motifs is 3. The molecule has 2 aliphatic carbocycles. The number of rotatable bonds is 9. The maximum absolute atomic E-state index is 15.4. The number of hydrogen-bond acceptors (Lipinski definition) is 9. The number of sulfonamides is 1. The highest BCUT2D eigenvalue weighted by atomic mass is 35.6. The van der Waals surface area contributed by atoms with E-state index in [4.69, 9.17) is 79.1 Å². The monoisotopic (exact) mass is 999 g/mol. The number of benzene rings is 1. The number of pyridine rings is 1. The Morgan fingerprint density at radius 1 is 1.06 bits per heavy atom. The molecule has 0 unspecified atom stereocenters. The molecule has 0 radical (unpaired) electrons. The number of nitrogens with one attached hydrogen (secondary N) is 2. The lowest BCUT2D eigenvalue weighted by molar-refractivity contribution is -0.146. The highest BCUT2D eigenvalue weighted by molar-refractivity contribution is 7.91. The molecular formula is C41H51Cl6N5O9S.